The second kappa shape index (κ2) is 5.44. The largest absolute Gasteiger partial charge is 0.338 e. The average Bonchev–Trinajstić information content (AvgIpc) is 3.28. The first-order chi connectivity index (χ1) is 10.8. The number of carbonyl (C=O) groups excluding carboxylic acids is 1. The number of aromatic nitrogens is 2. The van der Waals surface area contributed by atoms with Crippen molar-refractivity contribution in [2.24, 2.45) is 0 Å². The van der Waals surface area contributed by atoms with Gasteiger partial charge in [0.25, 0.3) is 5.91 Å². The van der Waals surface area contributed by atoms with Crippen LogP contribution in [0.4, 0.5) is 0 Å². The molecule has 2 aliphatic rings. The monoisotopic (exact) mass is 293 g/mol. The average molecular weight is 293 g/mol. The molecule has 1 aromatic heterocycles. The molecule has 2 fully saturated rings. The highest BCUT2D eigenvalue weighted by Gasteiger charge is 2.25. The van der Waals surface area contributed by atoms with Gasteiger partial charge in [0, 0.05) is 31.0 Å². The minimum absolute atomic E-state index is 0.133. The number of likely N-dealkylation sites (tertiary alicyclic amines) is 1. The highest BCUT2D eigenvalue weighted by Crippen LogP contribution is 2.36. The van der Waals surface area contributed by atoms with Gasteiger partial charge in [-0.2, -0.15) is 5.10 Å². The number of hydrogen-bond donors (Lipinski definition) is 0. The molecule has 0 atom stereocenters. The standard InChI is InChI=1S/C18H19N3O/c22-18(20-11-7-15(8-12-20)14-5-6-14)16-3-1-4-17(13-16)21-10-2-9-19-21/h1-4,9-10,13H,5-8,11-12H2. The highest BCUT2D eigenvalue weighted by molar-refractivity contribution is 5.94. The summed E-state index contributed by atoms with van der Waals surface area (Å²) in [6.07, 6.45) is 8.31. The molecule has 0 unspecified atom stereocenters. The molecular formula is C18H19N3O. The molecule has 1 saturated heterocycles. The molecule has 0 bridgehead atoms. The molecule has 2 aromatic rings. The highest BCUT2D eigenvalue weighted by atomic mass is 16.2. The van der Waals surface area contributed by atoms with Crippen LogP contribution < -0.4 is 0 Å². The number of rotatable bonds is 2. The van der Waals surface area contributed by atoms with E-state index >= 15 is 0 Å². The summed E-state index contributed by atoms with van der Waals surface area (Å²) in [6, 6.07) is 9.59. The van der Waals surface area contributed by atoms with Crippen molar-refractivity contribution >= 4 is 5.91 Å². The second-order valence-electron chi connectivity index (χ2n) is 6.00. The van der Waals surface area contributed by atoms with Crippen LogP contribution in [0.1, 0.15) is 36.0 Å². The van der Waals surface area contributed by atoms with Crippen molar-refractivity contribution in [1.29, 1.82) is 0 Å². The molecule has 1 aliphatic carbocycles. The summed E-state index contributed by atoms with van der Waals surface area (Å²) in [5.41, 5.74) is 4.92. The maximum Gasteiger partial charge on any atom is 0.253 e. The number of piperidine rings is 1. The fourth-order valence-electron chi connectivity index (χ4n) is 3.13. The molecule has 1 saturated carbocycles. The first-order valence-electron chi connectivity index (χ1n) is 7.90. The van der Waals surface area contributed by atoms with Crippen LogP contribution in [0, 0.1) is 0 Å². The summed E-state index contributed by atoms with van der Waals surface area (Å²) in [7, 11) is 0. The lowest BCUT2D eigenvalue weighted by atomic mass is 10.0. The Balaban J connectivity index is 1.51. The maximum atomic E-state index is 12.7. The summed E-state index contributed by atoms with van der Waals surface area (Å²) in [6.45, 7) is 1.70. The number of benzene rings is 1. The van der Waals surface area contributed by atoms with Crippen LogP contribution in [-0.4, -0.2) is 33.7 Å². The van der Waals surface area contributed by atoms with Gasteiger partial charge in [-0.25, -0.2) is 4.68 Å². The molecule has 1 aliphatic heterocycles. The van der Waals surface area contributed by atoms with Crippen molar-refractivity contribution < 1.29 is 4.79 Å². The number of amides is 1. The van der Waals surface area contributed by atoms with Crippen molar-refractivity contribution in [2.45, 2.75) is 25.7 Å². The quantitative estimate of drug-likeness (QED) is 0.798. The molecule has 22 heavy (non-hydrogen) atoms. The van der Waals surface area contributed by atoms with E-state index in [1.807, 2.05) is 41.4 Å². The van der Waals surface area contributed by atoms with Crippen LogP contribution in [-0.2, 0) is 0 Å². The summed E-state index contributed by atoms with van der Waals surface area (Å²) in [5, 5.41) is 4.22. The Morgan fingerprint density at radius 1 is 1.00 bits per heavy atom. The summed E-state index contributed by atoms with van der Waals surface area (Å²) in [4.78, 5) is 14.7. The third-order valence-electron chi connectivity index (χ3n) is 4.52. The molecule has 112 valence electrons. The van der Waals surface area contributed by atoms with Gasteiger partial charge in [-0.05, 0) is 49.9 Å². The zero-order chi connectivity index (χ0) is 14.9. The fraction of sp³-hybridized carbons (Fsp3) is 0.333. The van der Waals surface area contributed by atoms with Gasteiger partial charge in [0.2, 0.25) is 0 Å². The molecule has 0 spiro atoms. The molecule has 4 heteroatoms. The lowest BCUT2D eigenvalue weighted by Crippen LogP contribution is -2.36. The molecular weight excluding hydrogens is 274 g/mol. The minimum atomic E-state index is 0.133. The molecule has 4 rings (SSSR count). The van der Waals surface area contributed by atoms with Crippen molar-refractivity contribution in [3.63, 3.8) is 0 Å². The van der Waals surface area contributed by atoms with E-state index in [0.29, 0.717) is 0 Å². The zero-order valence-electron chi connectivity index (χ0n) is 12.5. The fourth-order valence-corrected chi connectivity index (χ4v) is 3.13. The lowest BCUT2D eigenvalue weighted by molar-refractivity contribution is 0.0743. The van der Waals surface area contributed by atoms with E-state index in [4.69, 9.17) is 0 Å². The topological polar surface area (TPSA) is 38.1 Å². The Morgan fingerprint density at radius 2 is 1.77 bits per heavy atom. The smallest absolute Gasteiger partial charge is 0.253 e. The van der Waals surface area contributed by atoms with E-state index in [1.54, 1.807) is 22.0 Å². The first-order valence-corrected chi connectivity index (χ1v) is 7.90. The van der Waals surface area contributed by atoms with Gasteiger partial charge in [0.15, 0.2) is 0 Å². The lowest BCUT2D eigenvalue weighted by Gasteiger charge is -2.28. The SMILES string of the molecule is O=C(c1cccc(-n2cccn2)c1)N1CCC(=C2CC2)CC1. The van der Waals surface area contributed by atoms with Crippen LogP contribution in [0.15, 0.2) is 53.9 Å². The van der Waals surface area contributed by atoms with Crippen LogP contribution in [0.25, 0.3) is 5.69 Å². The Kier molecular flexibility index (Phi) is 3.29. The van der Waals surface area contributed by atoms with E-state index in [0.717, 1.165) is 37.2 Å². The zero-order valence-corrected chi connectivity index (χ0v) is 12.5. The van der Waals surface area contributed by atoms with Crippen LogP contribution in [0.3, 0.4) is 0 Å². The van der Waals surface area contributed by atoms with Crippen LogP contribution >= 0.6 is 0 Å². The number of allylic oxidation sites excluding steroid dienone is 1. The van der Waals surface area contributed by atoms with E-state index in [2.05, 4.69) is 5.10 Å². The molecule has 2 heterocycles. The summed E-state index contributed by atoms with van der Waals surface area (Å²) in [5.74, 6) is 0.133. The van der Waals surface area contributed by atoms with E-state index in [-0.39, 0.29) is 5.91 Å². The summed E-state index contributed by atoms with van der Waals surface area (Å²) < 4.78 is 1.78. The predicted octanol–water partition coefficient (Wildman–Crippen LogP) is 3.20. The van der Waals surface area contributed by atoms with E-state index in [9.17, 15) is 4.79 Å². The molecule has 1 amide bonds. The van der Waals surface area contributed by atoms with Gasteiger partial charge in [-0.1, -0.05) is 17.2 Å². The van der Waals surface area contributed by atoms with Gasteiger partial charge in [-0.15, -0.1) is 0 Å². The van der Waals surface area contributed by atoms with Crippen LogP contribution in [0.5, 0.6) is 0 Å². The second-order valence-corrected chi connectivity index (χ2v) is 6.00. The van der Waals surface area contributed by atoms with Crippen molar-refractivity contribution in [3.05, 3.63) is 59.4 Å². The van der Waals surface area contributed by atoms with Crippen molar-refractivity contribution in [2.75, 3.05) is 13.1 Å². The molecule has 0 N–H and O–H groups in total. The van der Waals surface area contributed by atoms with E-state index in [1.165, 1.54) is 12.8 Å². The summed E-state index contributed by atoms with van der Waals surface area (Å²) >= 11 is 0. The molecule has 0 radical (unpaired) electrons. The van der Waals surface area contributed by atoms with Crippen molar-refractivity contribution in [1.82, 2.24) is 14.7 Å². The van der Waals surface area contributed by atoms with Gasteiger partial charge in [-0.3, -0.25) is 4.79 Å². The minimum Gasteiger partial charge on any atom is -0.338 e. The van der Waals surface area contributed by atoms with Gasteiger partial charge >= 0.3 is 0 Å². The Morgan fingerprint density at radius 3 is 2.45 bits per heavy atom. The third kappa shape index (κ3) is 2.56. The third-order valence-corrected chi connectivity index (χ3v) is 4.52. The first kappa shape index (κ1) is 13.3. The Hall–Kier alpha value is -2.36. The normalized spacial score (nSPS) is 17.7. The van der Waals surface area contributed by atoms with Crippen LogP contribution in [0.2, 0.25) is 0 Å². The van der Waals surface area contributed by atoms with Crippen molar-refractivity contribution in [3.8, 4) is 5.69 Å². The van der Waals surface area contributed by atoms with Gasteiger partial charge < -0.3 is 4.90 Å². The van der Waals surface area contributed by atoms with Gasteiger partial charge in [0.1, 0.15) is 0 Å². The Bertz CT molecular complexity index is 715. The number of nitrogens with zero attached hydrogens (tertiary/aromatic N) is 3. The molecule has 1 aromatic carbocycles. The number of hydrogen-bond acceptors (Lipinski definition) is 2. The van der Waals surface area contributed by atoms with Gasteiger partial charge in [0.05, 0.1) is 5.69 Å². The molecule has 4 nitrogen and oxygen atoms in total. The maximum absolute atomic E-state index is 12.7. The predicted molar refractivity (Wildman–Crippen MR) is 85.0 cm³/mol. The van der Waals surface area contributed by atoms with E-state index < -0.39 is 0 Å². The Labute approximate surface area is 130 Å². The number of carbonyl (C=O) groups is 1.